The van der Waals surface area contributed by atoms with E-state index in [0.717, 1.165) is 70.6 Å². The number of allylic oxidation sites excluding steroid dienone is 10. The van der Waals surface area contributed by atoms with Gasteiger partial charge in [-0.25, -0.2) is 4.57 Å². The van der Waals surface area contributed by atoms with E-state index in [-0.39, 0.29) is 32.0 Å². The molecule has 9 nitrogen and oxygen atoms in total. The lowest BCUT2D eigenvalue weighted by Gasteiger charge is -2.24. The molecular formula is C70H131NO8P+. The van der Waals surface area contributed by atoms with Gasteiger partial charge >= 0.3 is 19.8 Å². The van der Waals surface area contributed by atoms with Gasteiger partial charge in [0.05, 0.1) is 27.7 Å². The van der Waals surface area contributed by atoms with Crippen LogP contribution in [0.4, 0.5) is 0 Å². The van der Waals surface area contributed by atoms with Crippen molar-refractivity contribution in [1.29, 1.82) is 0 Å². The average molecular weight is 1150 g/mol. The first-order valence-corrected chi connectivity index (χ1v) is 35.5. The number of hydrogen-bond acceptors (Lipinski definition) is 7. The number of likely N-dealkylation sites (N-methyl/N-ethyl adjacent to an activating group) is 1. The Kier molecular flexibility index (Phi) is 59.5. The predicted octanol–water partition coefficient (Wildman–Crippen LogP) is 21.8. The highest BCUT2D eigenvalue weighted by atomic mass is 31.2. The lowest BCUT2D eigenvalue weighted by Crippen LogP contribution is -2.37. The van der Waals surface area contributed by atoms with Crippen LogP contribution < -0.4 is 0 Å². The van der Waals surface area contributed by atoms with E-state index in [1.165, 1.54) is 218 Å². The van der Waals surface area contributed by atoms with Gasteiger partial charge in [0.25, 0.3) is 0 Å². The molecule has 1 N–H and O–H groups in total. The standard InChI is InChI=1S/C70H130NO8P/c1-6-8-10-12-14-16-18-20-22-24-26-28-29-30-31-32-33-34-35-36-37-38-39-40-41-43-44-46-48-50-52-54-56-58-60-62-69(72)76-66-68(67-78-80(74,75)77-65-64-71(3,4)5)79-70(73)63-61-59-57-55-53-51-49-47-45-42-27-25-23-21-19-17-15-13-11-9-7-2/h9,11,15,17,21,23-24,26-27,42,68H,6-8,10,12-14,16,18-20,22,25,28-41,43-67H2,1-5H3/p+1/b11-9-,17-15-,23-21-,26-24-,42-27-. The Morgan fingerprint density at radius 1 is 0.400 bits per heavy atom. The Labute approximate surface area is 496 Å². The summed E-state index contributed by atoms with van der Waals surface area (Å²) < 4.78 is 34.7. The van der Waals surface area contributed by atoms with E-state index in [9.17, 15) is 19.0 Å². The first kappa shape index (κ1) is 77.7. The average Bonchev–Trinajstić information content (AvgIpc) is 3.42. The van der Waals surface area contributed by atoms with E-state index in [0.29, 0.717) is 17.4 Å². The zero-order valence-corrected chi connectivity index (χ0v) is 54.2. The van der Waals surface area contributed by atoms with Crippen LogP contribution in [0.15, 0.2) is 60.8 Å². The molecule has 468 valence electrons. The minimum atomic E-state index is -4.39. The fourth-order valence-electron chi connectivity index (χ4n) is 9.83. The molecule has 0 aromatic rings. The molecule has 0 heterocycles. The van der Waals surface area contributed by atoms with Gasteiger partial charge in [-0.1, -0.05) is 293 Å². The molecule has 0 spiro atoms. The second-order valence-electron chi connectivity index (χ2n) is 24.2. The highest BCUT2D eigenvalue weighted by Crippen LogP contribution is 2.43. The molecule has 0 amide bonds. The van der Waals surface area contributed by atoms with Crippen molar-refractivity contribution in [3.05, 3.63) is 60.8 Å². The number of carbonyl (C=O) groups is 2. The SMILES string of the molecule is CC/C=C\C/C=C\C/C=C\C/C=C\CCCCCCCCCCC(=O)OC(COC(=O)CCCCCCCCCCCCCCCCCCCCCCCCC/C=C\CCCCCCCCCC)COP(=O)(O)OCC[N+](C)(C)C. The topological polar surface area (TPSA) is 108 Å². The quantitative estimate of drug-likeness (QED) is 0.0211. The molecular weight excluding hydrogens is 1010 g/mol. The zero-order valence-electron chi connectivity index (χ0n) is 53.3. The molecule has 0 aromatic carbocycles. The van der Waals surface area contributed by atoms with Gasteiger partial charge < -0.3 is 18.9 Å². The smallest absolute Gasteiger partial charge is 0.462 e. The Bertz CT molecular complexity index is 1530. The van der Waals surface area contributed by atoms with Crippen LogP contribution in [0.1, 0.15) is 322 Å². The van der Waals surface area contributed by atoms with Crippen LogP contribution in [0.3, 0.4) is 0 Å². The van der Waals surface area contributed by atoms with Crippen LogP contribution in [0.2, 0.25) is 0 Å². The molecule has 0 aliphatic rings. The molecule has 0 saturated carbocycles. The summed E-state index contributed by atoms with van der Waals surface area (Å²) in [5.74, 6) is -0.795. The van der Waals surface area contributed by atoms with Gasteiger partial charge in [0.15, 0.2) is 6.10 Å². The van der Waals surface area contributed by atoms with Gasteiger partial charge in [-0.15, -0.1) is 0 Å². The predicted molar refractivity (Wildman–Crippen MR) is 344 cm³/mol. The Morgan fingerprint density at radius 3 is 1.07 bits per heavy atom. The van der Waals surface area contributed by atoms with Crippen molar-refractivity contribution in [1.82, 2.24) is 0 Å². The summed E-state index contributed by atoms with van der Waals surface area (Å²) in [5.41, 5.74) is 0. The number of hydrogen-bond donors (Lipinski definition) is 1. The number of carbonyl (C=O) groups excluding carboxylic acids is 2. The molecule has 0 aromatic heterocycles. The molecule has 0 aliphatic heterocycles. The van der Waals surface area contributed by atoms with E-state index >= 15 is 0 Å². The molecule has 10 heteroatoms. The van der Waals surface area contributed by atoms with Crippen molar-refractivity contribution in [2.45, 2.75) is 328 Å². The first-order valence-electron chi connectivity index (χ1n) is 34.0. The number of rotatable bonds is 63. The van der Waals surface area contributed by atoms with Crippen molar-refractivity contribution in [2.24, 2.45) is 0 Å². The van der Waals surface area contributed by atoms with Crippen molar-refractivity contribution in [3.8, 4) is 0 Å². The maximum atomic E-state index is 12.8. The summed E-state index contributed by atoms with van der Waals surface area (Å²) >= 11 is 0. The Morgan fingerprint density at radius 2 is 0.713 bits per heavy atom. The number of phosphoric ester groups is 1. The largest absolute Gasteiger partial charge is 0.472 e. The normalized spacial score (nSPS) is 13.5. The number of esters is 2. The third-order valence-electron chi connectivity index (χ3n) is 15.0. The number of nitrogens with zero attached hydrogens (tertiary/aromatic N) is 1. The van der Waals surface area contributed by atoms with E-state index in [1.807, 2.05) is 21.1 Å². The molecule has 2 unspecified atom stereocenters. The summed E-state index contributed by atoms with van der Waals surface area (Å²) in [4.78, 5) is 35.8. The minimum absolute atomic E-state index is 0.0295. The van der Waals surface area contributed by atoms with Gasteiger partial charge in [0.1, 0.15) is 19.8 Å². The van der Waals surface area contributed by atoms with E-state index < -0.39 is 26.5 Å². The first-order chi connectivity index (χ1) is 39.0. The summed E-state index contributed by atoms with van der Waals surface area (Å²) in [7, 11) is 1.48. The minimum Gasteiger partial charge on any atom is -0.462 e. The fraction of sp³-hybridized carbons (Fsp3) is 0.829. The number of unbranched alkanes of at least 4 members (excludes halogenated alkanes) is 39. The second-order valence-corrected chi connectivity index (χ2v) is 25.6. The van der Waals surface area contributed by atoms with E-state index in [2.05, 4.69) is 74.6 Å². The van der Waals surface area contributed by atoms with Crippen LogP contribution >= 0.6 is 7.82 Å². The maximum absolute atomic E-state index is 12.8. The molecule has 2 atom stereocenters. The second kappa shape index (κ2) is 61.3. The van der Waals surface area contributed by atoms with Crippen LogP contribution in [-0.4, -0.2) is 74.9 Å². The molecule has 0 radical (unpaired) electrons. The number of phosphoric acid groups is 1. The molecule has 80 heavy (non-hydrogen) atoms. The van der Waals surface area contributed by atoms with Gasteiger partial charge in [0, 0.05) is 12.8 Å². The zero-order chi connectivity index (χ0) is 58.4. The Balaban J connectivity index is 3.97. The molecule has 0 bridgehead atoms. The van der Waals surface area contributed by atoms with E-state index in [4.69, 9.17) is 18.5 Å². The molecule has 0 fully saturated rings. The van der Waals surface area contributed by atoms with Crippen LogP contribution in [0, 0.1) is 0 Å². The highest BCUT2D eigenvalue weighted by Gasteiger charge is 2.27. The lowest BCUT2D eigenvalue weighted by atomic mass is 10.0. The van der Waals surface area contributed by atoms with Gasteiger partial charge in [-0.3, -0.25) is 18.6 Å². The van der Waals surface area contributed by atoms with Crippen molar-refractivity contribution < 1.29 is 42.1 Å². The third kappa shape index (κ3) is 64.9. The van der Waals surface area contributed by atoms with Crippen LogP contribution in [0.5, 0.6) is 0 Å². The lowest BCUT2D eigenvalue weighted by molar-refractivity contribution is -0.870. The monoisotopic (exact) mass is 1140 g/mol. The van der Waals surface area contributed by atoms with Crippen molar-refractivity contribution in [2.75, 3.05) is 47.5 Å². The summed E-state index contributed by atoms with van der Waals surface area (Å²) in [5, 5.41) is 0. The molecule has 0 rings (SSSR count). The van der Waals surface area contributed by atoms with Gasteiger partial charge in [-0.2, -0.15) is 0 Å². The van der Waals surface area contributed by atoms with Gasteiger partial charge in [-0.05, 0) is 77.0 Å². The molecule has 0 saturated heterocycles. The third-order valence-corrected chi connectivity index (χ3v) is 16.0. The van der Waals surface area contributed by atoms with Gasteiger partial charge in [0.2, 0.25) is 0 Å². The Hall–Kier alpha value is -2.29. The fourth-order valence-corrected chi connectivity index (χ4v) is 10.6. The number of ether oxygens (including phenoxy) is 2. The molecule has 0 aliphatic carbocycles. The van der Waals surface area contributed by atoms with Crippen LogP contribution in [-0.2, 0) is 32.7 Å². The maximum Gasteiger partial charge on any atom is 0.472 e. The van der Waals surface area contributed by atoms with Crippen LogP contribution in [0.25, 0.3) is 0 Å². The van der Waals surface area contributed by atoms with Crippen molar-refractivity contribution in [3.63, 3.8) is 0 Å². The van der Waals surface area contributed by atoms with Crippen molar-refractivity contribution >= 4 is 19.8 Å². The summed E-state index contributed by atoms with van der Waals surface area (Å²) in [6.07, 6.45) is 80.5. The number of quaternary nitrogens is 1. The summed E-state index contributed by atoms with van der Waals surface area (Å²) in [6.45, 7) is 4.35. The highest BCUT2D eigenvalue weighted by molar-refractivity contribution is 7.47. The summed E-state index contributed by atoms with van der Waals surface area (Å²) in [6, 6.07) is 0. The van der Waals surface area contributed by atoms with E-state index in [1.54, 1.807) is 0 Å².